The van der Waals surface area contributed by atoms with Gasteiger partial charge in [0, 0.05) is 50.7 Å². The summed E-state index contributed by atoms with van der Waals surface area (Å²) in [6, 6.07) is 9.31. The van der Waals surface area contributed by atoms with E-state index >= 15 is 0 Å². The molecule has 0 aliphatic carbocycles. The summed E-state index contributed by atoms with van der Waals surface area (Å²) in [5, 5.41) is 6.80. The number of carbonyl (C=O) groups is 1. The van der Waals surface area contributed by atoms with E-state index in [-0.39, 0.29) is 36.1 Å². The first-order chi connectivity index (χ1) is 18.0. The van der Waals surface area contributed by atoms with E-state index in [1.54, 1.807) is 0 Å². The molecule has 3 heterocycles. The van der Waals surface area contributed by atoms with E-state index in [4.69, 9.17) is 4.52 Å². The minimum atomic E-state index is -4.38. The number of halogens is 4. The van der Waals surface area contributed by atoms with E-state index in [0.717, 1.165) is 29.8 Å². The van der Waals surface area contributed by atoms with Crippen molar-refractivity contribution in [2.45, 2.75) is 43.0 Å². The number of nitrogens with one attached hydrogen (secondary N) is 1. The van der Waals surface area contributed by atoms with Crippen LogP contribution in [0.15, 0.2) is 57.9 Å². The van der Waals surface area contributed by atoms with Crippen LogP contribution in [-0.2, 0) is 35.7 Å². The van der Waals surface area contributed by atoms with Gasteiger partial charge in [0.2, 0.25) is 10.0 Å². The van der Waals surface area contributed by atoms with Crippen molar-refractivity contribution in [3.05, 3.63) is 82.5 Å². The zero-order valence-electron chi connectivity index (χ0n) is 20.0. The van der Waals surface area contributed by atoms with Gasteiger partial charge in [-0.3, -0.25) is 9.69 Å². The lowest BCUT2D eigenvalue weighted by atomic mass is 10.1. The fourth-order valence-corrected chi connectivity index (χ4v) is 6.14. The van der Waals surface area contributed by atoms with Crippen molar-refractivity contribution in [3.63, 3.8) is 0 Å². The zero-order chi connectivity index (χ0) is 27.1. The van der Waals surface area contributed by atoms with E-state index in [0.29, 0.717) is 37.4 Å². The summed E-state index contributed by atoms with van der Waals surface area (Å²) in [6.45, 7) is 1.61. The molecule has 1 aromatic heterocycles. The molecule has 2 aromatic carbocycles. The molecule has 1 saturated heterocycles. The third-order valence-electron chi connectivity index (χ3n) is 6.75. The Kier molecular flexibility index (Phi) is 7.01. The summed E-state index contributed by atoms with van der Waals surface area (Å²) in [5.74, 6) is -0.596. The lowest BCUT2D eigenvalue weighted by molar-refractivity contribution is -0.137. The van der Waals surface area contributed by atoms with E-state index in [9.17, 15) is 30.8 Å². The number of fused-ring (bicyclic) bond motifs is 1. The van der Waals surface area contributed by atoms with Crippen molar-refractivity contribution in [1.29, 1.82) is 0 Å². The van der Waals surface area contributed by atoms with Gasteiger partial charge in [-0.05, 0) is 48.4 Å². The second kappa shape index (κ2) is 10.1. The quantitative estimate of drug-likeness (QED) is 0.470. The second-order valence-electron chi connectivity index (χ2n) is 9.36. The molecule has 0 spiro atoms. The van der Waals surface area contributed by atoms with Gasteiger partial charge in [-0.2, -0.15) is 17.5 Å². The first kappa shape index (κ1) is 26.3. The lowest BCUT2D eigenvalue weighted by Crippen LogP contribution is -2.39. The number of hydrogen-bond donors (Lipinski definition) is 1. The number of likely N-dealkylation sites (tertiary alicyclic amines) is 1. The average molecular weight is 553 g/mol. The van der Waals surface area contributed by atoms with Crippen LogP contribution < -0.4 is 5.32 Å². The predicted molar refractivity (Wildman–Crippen MR) is 127 cm³/mol. The minimum Gasteiger partial charge on any atom is -0.360 e. The lowest BCUT2D eigenvalue weighted by Gasteiger charge is -2.25. The van der Waals surface area contributed by atoms with Crippen molar-refractivity contribution < 1.29 is 35.3 Å². The molecule has 0 saturated carbocycles. The van der Waals surface area contributed by atoms with Gasteiger partial charge in [0.25, 0.3) is 5.91 Å². The van der Waals surface area contributed by atoms with Crippen LogP contribution in [0.2, 0.25) is 0 Å². The SMILES string of the molecule is O=C(NC1CCN(Cc2ccc(C(F)(F)F)cc2)C1)c1noc2c1CN(S(=O)(=O)c1ccc(F)cc1)CC2. The van der Waals surface area contributed by atoms with Gasteiger partial charge in [0.05, 0.1) is 10.5 Å². The molecule has 0 radical (unpaired) electrons. The Balaban J connectivity index is 1.21. The molecule has 1 fully saturated rings. The number of hydrogen-bond acceptors (Lipinski definition) is 6. The molecule has 13 heteroatoms. The van der Waals surface area contributed by atoms with Crippen molar-refractivity contribution in [1.82, 2.24) is 19.7 Å². The highest BCUT2D eigenvalue weighted by atomic mass is 32.2. The summed E-state index contributed by atoms with van der Waals surface area (Å²) in [6.07, 6.45) is -3.51. The third-order valence-corrected chi connectivity index (χ3v) is 8.61. The highest BCUT2D eigenvalue weighted by Gasteiger charge is 2.35. The number of aromatic nitrogens is 1. The van der Waals surface area contributed by atoms with Crippen LogP contribution in [0.5, 0.6) is 0 Å². The molecule has 1 N–H and O–H groups in total. The maximum atomic E-state index is 13.3. The summed E-state index contributed by atoms with van der Waals surface area (Å²) < 4.78 is 84.2. The number of amides is 1. The minimum absolute atomic E-state index is 0.0141. The molecular formula is C25H24F4N4O4S. The van der Waals surface area contributed by atoms with E-state index in [1.165, 1.54) is 28.6 Å². The fourth-order valence-electron chi connectivity index (χ4n) is 4.73. The van der Waals surface area contributed by atoms with Crippen molar-refractivity contribution in [3.8, 4) is 0 Å². The molecule has 5 rings (SSSR count). The van der Waals surface area contributed by atoms with Gasteiger partial charge in [0.15, 0.2) is 5.69 Å². The van der Waals surface area contributed by atoms with Crippen molar-refractivity contribution in [2.24, 2.45) is 0 Å². The van der Waals surface area contributed by atoms with Gasteiger partial charge in [-0.25, -0.2) is 12.8 Å². The Hall–Kier alpha value is -3.29. The van der Waals surface area contributed by atoms with Crippen LogP contribution in [0.3, 0.4) is 0 Å². The molecule has 1 amide bonds. The molecule has 1 unspecified atom stereocenters. The van der Waals surface area contributed by atoms with Gasteiger partial charge in [0.1, 0.15) is 11.6 Å². The largest absolute Gasteiger partial charge is 0.416 e. The standard InChI is InChI=1S/C25H24F4N4O4S/c26-18-5-7-20(8-6-18)38(35,36)33-12-10-22-21(15-33)23(31-37-22)24(34)30-19-9-11-32(14-19)13-16-1-3-17(4-2-16)25(27,28)29/h1-8,19H,9-15H2,(H,30,34). The normalized spacial score (nSPS) is 18.9. The number of benzene rings is 2. The highest BCUT2D eigenvalue weighted by Crippen LogP contribution is 2.30. The summed E-state index contributed by atoms with van der Waals surface area (Å²) in [7, 11) is -3.92. The number of nitrogens with zero attached hydrogens (tertiary/aromatic N) is 3. The Morgan fingerprint density at radius 2 is 1.79 bits per heavy atom. The van der Waals surface area contributed by atoms with E-state index < -0.39 is 33.5 Å². The summed E-state index contributed by atoms with van der Waals surface area (Å²) >= 11 is 0. The van der Waals surface area contributed by atoms with E-state index in [2.05, 4.69) is 10.5 Å². The fraction of sp³-hybridized carbons (Fsp3) is 0.360. The molecular weight excluding hydrogens is 528 g/mol. The maximum absolute atomic E-state index is 13.3. The first-order valence-electron chi connectivity index (χ1n) is 11.9. The van der Waals surface area contributed by atoms with Crippen LogP contribution in [0.25, 0.3) is 0 Å². The number of alkyl halides is 3. The van der Waals surface area contributed by atoms with Gasteiger partial charge in [-0.1, -0.05) is 17.3 Å². The molecule has 3 aromatic rings. The van der Waals surface area contributed by atoms with Crippen molar-refractivity contribution in [2.75, 3.05) is 19.6 Å². The van der Waals surface area contributed by atoms with Gasteiger partial charge < -0.3 is 9.84 Å². The third kappa shape index (κ3) is 5.45. The molecule has 38 heavy (non-hydrogen) atoms. The second-order valence-corrected chi connectivity index (χ2v) is 11.3. The maximum Gasteiger partial charge on any atom is 0.416 e. The summed E-state index contributed by atoms with van der Waals surface area (Å²) in [4.78, 5) is 15.0. The summed E-state index contributed by atoms with van der Waals surface area (Å²) in [5.41, 5.74) is 0.435. The van der Waals surface area contributed by atoms with Crippen LogP contribution in [0, 0.1) is 5.82 Å². The van der Waals surface area contributed by atoms with Gasteiger partial charge in [-0.15, -0.1) is 0 Å². The van der Waals surface area contributed by atoms with Crippen LogP contribution in [0.4, 0.5) is 17.6 Å². The average Bonchev–Trinajstić information content (AvgIpc) is 3.50. The highest BCUT2D eigenvalue weighted by molar-refractivity contribution is 7.89. The Bertz CT molecular complexity index is 1420. The Morgan fingerprint density at radius 3 is 2.47 bits per heavy atom. The first-order valence-corrected chi connectivity index (χ1v) is 13.4. The van der Waals surface area contributed by atoms with Crippen LogP contribution in [0.1, 0.15) is 39.4 Å². The van der Waals surface area contributed by atoms with Crippen LogP contribution >= 0.6 is 0 Å². The Morgan fingerprint density at radius 1 is 1.08 bits per heavy atom. The molecule has 2 aliphatic rings. The molecule has 1 atom stereocenters. The number of carbonyl (C=O) groups excluding carboxylic acids is 1. The smallest absolute Gasteiger partial charge is 0.360 e. The van der Waals surface area contributed by atoms with Crippen LogP contribution in [-0.4, -0.2) is 54.4 Å². The number of sulfonamides is 1. The van der Waals surface area contributed by atoms with E-state index in [1.807, 2.05) is 4.90 Å². The molecule has 0 bridgehead atoms. The molecule has 2 aliphatic heterocycles. The zero-order valence-corrected chi connectivity index (χ0v) is 20.9. The molecule has 8 nitrogen and oxygen atoms in total. The number of rotatable bonds is 6. The van der Waals surface area contributed by atoms with Crippen molar-refractivity contribution >= 4 is 15.9 Å². The molecule has 202 valence electrons. The Labute approximate surface area is 216 Å². The topological polar surface area (TPSA) is 95.8 Å². The monoisotopic (exact) mass is 552 g/mol. The predicted octanol–water partition coefficient (Wildman–Crippen LogP) is 3.58. The van der Waals surface area contributed by atoms with Gasteiger partial charge >= 0.3 is 6.18 Å².